The number of carbonyl (C=O) groups excluding carboxylic acids is 1. The van der Waals surface area contributed by atoms with Gasteiger partial charge in [-0.2, -0.15) is 26.3 Å². The summed E-state index contributed by atoms with van der Waals surface area (Å²) in [5.41, 5.74) is -2.36. The maximum Gasteiger partial charge on any atom is 0.416 e. The van der Waals surface area contributed by atoms with E-state index in [1.54, 1.807) is 7.11 Å². The van der Waals surface area contributed by atoms with Crippen LogP contribution in [0.15, 0.2) is 42.5 Å². The third kappa shape index (κ3) is 8.38. The first kappa shape index (κ1) is 31.2. The number of halogens is 6. The van der Waals surface area contributed by atoms with Gasteiger partial charge in [0.1, 0.15) is 5.75 Å². The van der Waals surface area contributed by atoms with Crippen molar-refractivity contribution < 1.29 is 35.9 Å². The molecule has 1 aliphatic heterocycles. The van der Waals surface area contributed by atoms with Gasteiger partial charge in [-0.3, -0.25) is 14.6 Å². The third-order valence-corrected chi connectivity index (χ3v) is 8.10. The van der Waals surface area contributed by atoms with Gasteiger partial charge >= 0.3 is 12.4 Å². The van der Waals surface area contributed by atoms with Gasteiger partial charge in [0.2, 0.25) is 5.91 Å². The molecule has 0 radical (unpaired) electrons. The SMILES string of the molecule is COc1ccccc1C(CNC(=O)Cc1cc(C(F)(F)F)cc(C(F)(F)F)c1)N1CCCN(C2CCCCC2)CC1. The Hall–Kier alpha value is -2.79. The average molecular weight is 586 g/mol. The Balaban J connectivity index is 1.50. The van der Waals surface area contributed by atoms with Crippen molar-refractivity contribution >= 4 is 5.91 Å². The fraction of sp³-hybridized carbons (Fsp3) is 0.567. The highest BCUT2D eigenvalue weighted by Gasteiger charge is 2.37. The van der Waals surface area contributed by atoms with Crippen LogP contribution in [0.2, 0.25) is 0 Å². The summed E-state index contributed by atoms with van der Waals surface area (Å²) in [6.45, 7) is 3.55. The molecule has 11 heteroatoms. The highest BCUT2D eigenvalue weighted by molar-refractivity contribution is 5.78. The molecule has 1 amide bonds. The van der Waals surface area contributed by atoms with Gasteiger partial charge in [0, 0.05) is 37.8 Å². The van der Waals surface area contributed by atoms with Crippen LogP contribution in [0.1, 0.15) is 66.8 Å². The second kappa shape index (κ2) is 13.5. The van der Waals surface area contributed by atoms with E-state index in [9.17, 15) is 31.1 Å². The molecule has 0 spiro atoms. The Morgan fingerprint density at radius 3 is 2.20 bits per heavy atom. The van der Waals surface area contributed by atoms with Crippen molar-refractivity contribution in [2.75, 3.05) is 39.8 Å². The standard InChI is InChI=1S/C30H37F6N3O2/c1-41-27-11-6-5-10-25(27)26(39-13-7-12-38(14-15-39)24-8-3-2-4-9-24)20-37-28(40)18-21-16-22(29(31,32)33)19-23(17-21)30(34,35)36/h5-6,10-11,16-17,19,24,26H,2-4,7-9,12-15,18,20H2,1H3,(H,37,40). The van der Waals surface area contributed by atoms with E-state index in [4.69, 9.17) is 4.74 Å². The number of carbonyl (C=O) groups is 1. The Bertz CT molecular complexity index is 1130. The van der Waals surface area contributed by atoms with Crippen LogP contribution in [0.4, 0.5) is 26.3 Å². The first-order chi connectivity index (χ1) is 19.5. The largest absolute Gasteiger partial charge is 0.496 e. The van der Waals surface area contributed by atoms with Gasteiger partial charge < -0.3 is 10.1 Å². The lowest BCUT2D eigenvalue weighted by Crippen LogP contribution is -2.42. The molecule has 0 aromatic heterocycles. The fourth-order valence-electron chi connectivity index (χ4n) is 6.04. The number of nitrogens with one attached hydrogen (secondary N) is 1. The quantitative estimate of drug-likeness (QED) is 0.361. The fourth-order valence-corrected chi connectivity index (χ4v) is 6.04. The number of hydrogen-bond acceptors (Lipinski definition) is 4. The highest BCUT2D eigenvalue weighted by Crippen LogP contribution is 2.36. The summed E-state index contributed by atoms with van der Waals surface area (Å²) in [5, 5.41) is 2.78. The van der Waals surface area contributed by atoms with Crippen LogP contribution in [-0.2, 0) is 23.6 Å². The van der Waals surface area contributed by atoms with Crippen molar-refractivity contribution in [2.45, 2.75) is 69.4 Å². The summed E-state index contributed by atoms with van der Waals surface area (Å²) in [4.78, 5) is 17.7. The number of amides is 1. The highest BCUT2D eigenvalue weighted by atomic mass is 19.4. The van der Waals surface area contributed by atoms with Crippen molar-refractivity contribution in [2.24, 2.45) is 0 Å². The molecule has 2 aromatic carbocycles. The Morgan fingerprint density at radius 1 is 0.902 bits per heavy atom. The van der Waals surface area contributed by atoms with Crippen LogP contribution in [0.5, 0.6) is 5.75 Å². The first-order valence-corrected chi connectivity index (χ1v) is 14.1. The predicted octanol–water partition coefficient (Wildman–Crippen LogP) is 6.47. The molecule has 2 fully saturated rings. The molecule has 226 valence electrons. The zero-order chi connectivity index (χ0) is 29.6. The summed E-state index contributed by atoms with van der Waals surface area (Å²) in [6.07, 6.45) is -3.42. The van der Waals surface area contributed by atoms with Gasteiger partial charge in [0.15, 0.2) is 0 Å². The van der Waals surface area contributed by atoms with Crippen LogP contribution in [0.3, 0.4) is 0 Å². The summed E-state index contributed by atoms with van der Waals surface area (Å²) < 4.78 is 85.3. The minimum atomic E-state index is -4.97. The topological polar surface area (TPSA) is 44.8 Å². The summed E-state index contributed by atoms with van der Waals surface area (Å²) >= 11 is 0. The van der Waals surface area contributed by atoms with E-state index in [0.29, 0.717) is 23.9 Å². The van der Waals surface area contributed by atoms with E-state index in [-0.39, 0.29) is 24.2 Å². The molecule has 0 bridgehead atoms. The van der Waals surface area contributed by atoms with Gasteiger partial charge in [-0.1, -0.05) is 37.5 Å². The zero-order valence-corrected chi connectivity index (χ0v) is 23.2. The van der Waals surface area contributed by atoms with Crippen molar-refractivity contribution in [1.29, 1.82) is 0 Å². The number of para-hydroxylation sites is 1. The van der Waals surface area contributed by atoms with Gasteiger partial charge in [-0.25, -0.2) is 0 Å². The maximum atomic E-state index is 13.3. The lowest BCUT2D eigenvalue weighted by Gasteiger charge is -2.34. The van der Waals surface area contributed by atoms with Crippen molar-refractivity contribution in [3.05, 3.63) is 64.7 Å². The monoisotopic (exact) mass is 585 g/mol. The molecule has 2 aromatic rings. The average Bonchev–Trinajstić information content (AvgIpc) is 3.19. The van der Waals surface area contributed by atoms with E-state index in [2.05, 4.69) is 15.1 Å². The van der Waals surface area contributed by atoms with Crippen LogP contribution in [-0.4, -0.2) is 61.6 Å². The molecular weight excluding hydrogens is 548 g/mol. The molecule has 1 saturated carbocycles. The van der Waals surface area contributed by atoms with Crippen LogP contribution < -0.4 is 10.1 Å². The molecular formula is C30H37F6N3O2. The molecule has 41 heavy (non-hydrogen) atoms. The van der Waals surface area contributed by atoms with Crippen molar-refractivity contribution in [1.82, 2.24) is 15.1 Å². The summed E-state index contributed by atoms with van der Waals surface area (Å²) in [7, 11) is 1.56. The molecule has 4 rings (SSSR count). The molecule has 5 nitrogen and oxygen atoms in total. The van der Waals surface area contributed by atoms with E-state index < -0.39 is 35.8 Å². The number of benzene rings is 2. The number of rotatable bonds is 8. The van der Waals surface area contributed by atoms with Gasteiger partial charge in [-0.05, 0) is 55.6 Å². The van der Waals surface area contributed by atoms with E-state index >= 15 is 0 Å². The molecule has 1 heterocycles. The molecule has 1 atom stereocenters. The van der Waals surface area contributed by atoms with Crippen LogP contribution >= 0.6 is 0 Å². The number of nitrogens with zero attached hydrogens (tertiary/aromatic N) is 2. The van der Waals surface area contributed by atoms with Crippen LogP contribution in [0, 0.1) is 0 Å². The molecule has 1 saturated heterocycles. The second-order valence-electron chi connectivity index (χ2n) is 10.9. The summed E-state index contributed by atoms with van der Waals surface area (Å²) in [5.74, 6) is -0.0103. The van der Waals surface area contributed by atoms with Gasteiger partial charge in [-0.15, -0.1) is 0 Å². The Labute approximate surface area is 236 Å². The van der Waals surface area contributed by atoms with Crippen molar-refractivity contribution in [3.8, 4) is 5.75 Å². The van der Waals surface area contributed by atoms with E-state index in [0.717, 1.165) is 38.2 Å². The van der Waals surface area contributed by atoms with E-state index in [1.807, 2.05) is 24.3 Å². The molecule has 1 unspecified atom stereocenters. The zero-order valence-electron chi connectivity index (χ0n) is 23.2. The lowest BCUT2D eigenvalue weighted by atomic mass is 9.94. The van der Waals surface area contributed by atoms with Gasteiger partial charge in [0.05, 0.1) is 30.7 Å². The van der Waals surface area contributed by atoms with Gasteiger partial charge in [0.25, 0.3) is 0 Å². The normalized spacial score (nSPS) is 19.0. The number of alkyl halides is 6. The minimum absolute atomic E-state index is 0.0645. The summed E-state index contributed by atoms with van der Waals surface area (Å²) in [6, 6.07) is 9.03. The molecule has 1 aliphatic carbocycles. The predicted molar refractivity (Wildman–Crippen MR) is 144 cm³/mol. The number of ether oxygens (including phenoxy) is 1. The van der Waals surface area contributed by atoms with Crippen molar-refractivity contribution in [3.63, 3.8) is 0 Å². The number of methoxy groups -OCH3 is 1. The lowest BCUT2D eigenvalue weighted by molar-refractivity contribution is -0.143. The van der Waals surface area contributed by atoms with Crippen LogP contribution in [0.25, 0.3) is 0 Å². The second-order valence-corrected chi connectivity index (χ2v) is 10.9. The Kier molecular flexibility index (Phi) is 10.2. The third-order valence-electron chi connectivity index (χ3n) is 8.10. The maximum absolute atomic E-state index is 13.3. The minimum Gasteiger partial charge on any atom is -0.496 e. The Morgan fingerprint density at radius 2 is 1.56 bits per heavy atom. The number of hydrogen-bond donors (Lipinski definition) is 1. The molecule has 1 N–H and O–H groups in total. The van der Waals surface area contributed by atoms with E-state index in [1.165, 1.54) is 32.1 Å². The molecule has 2 aliphatic rings. The first-order valence-electron chi connectivity index (χ1n) is 14.1. The smallest absolute Gasteiger partial charge is 0.416 e.